The lowest BCUT2D eigenvalue weighted by Gasteiger charge is -2.63. The largest absolute Gasteiger partial charge is 0.469 e. The third-order valence-corrected chi connectivity index (χ3v) is 13.5. The summed E-state index contributed by atoms with van der Waals surface area (Å²) in [7, 11) is -0.310. The van der Waals surface area contributed by atoms with Crippen molar-refractivity contribution in [2.24, 2.45) is 51.5 Å². The smallest absolute Gasteiger partial charge is 0.305 e. The monoisotopic (exact) mass is 593 g/mol. The molecular weight excluding hydrogens is 535 g/mol. The maximum atomic E-state index is 12.0. The highest BCUT2D eigenvalue weighted by atomic mass is 28.4. The molecule has 0 spiro atoms. The Kier molecular flexibility index (Phi) is 9.47. The van der Waals surface area contributed by atoms with E-state index in [-0.39, 0.29) is 22.9 Å². The summed E-state index contributed by atoms with van der Waals surface area (Å²) in [5.74, 6) is 3.09. The number of nitrogens with zero attached hydrogens (tertiary/aromatic N) is 1. The van der Waals surface area contributed by atoms with Gasteiger partial charge < -0.3 is 18.4 Å². The molecule has 8 heteroatoms. The summed E-state index contributed by atoms with van der Waals surface area (Å²) in [5.41, 5.74) is 1.62. The van der Waals surface area contributed by atoms with Gasteiger partial charge in [-0.1, -0.05) is 25.9 Å². The Morgan fingerprint density at radius 3 is 2.15 bits per heavy atom. The van der Waals surface area contributed by atoms with Crippen LogP contribution in [-0.4, -0.2) is 54.7 Å². The van der Waals surface area contributed by atoms with E-state index in [0.29, 0.717) is 48.0 Å². The van der Waals surface area contributed by atoms with Crippen LogP contribution in [0.5, 0.6) is 0 Å². The van der Waals surface area contributed by atoms with Gasteiger partial charge in [-0.2, -0.15) is 0 Å². The number of oxime groups is 1. The van der Waals surface area contributed by atoms with E-state index in [0.717, 1.165) is 19.3 Å². The van der Waals surface area contributed by atoms with E-state index < -0.39 is 16.6 Å². The van der Waals surface area contributed by atoms with Crippen molar-refractivity contribution in [2.45, 2.75) is 130 Å². The lowest BCUT2D eigenvalue weighted by atomic mass is 9.43. The van der Waals surface area contributed by atoms with Crippen molar-refractivity contribution in [1.82, 2.24) is 0 Å². The number of fused-ring (bicyclic) bond motifs is 5. The Balaban J connectivity index is 1.70. The van der Waals surface area contributed by atoms with Crippen LogP contribution in [0.1, 0.15) is 78.6 Å². The molecule has 4 fully saturated rings. The van der Waals surface area contributed by atoms with Gasteiger partial charge in [0.15, 0.2) is 16.6 Å². The molecule has 0 aromatic heterocycles. The van der Waals surface area contributed by atoms with Crippen LogP contribution in [0, 0.1) is 46.3 Å². The van der Waals surface area contributed by atoms with Gasteiger partial charge in [-0.15, -0.1) is 0 Å². The normalized spacial score (nSPS) is 41.6. The SMILES string of the molecule is CO/N=C1\[C@H](O[Si](C)(C)C)[C@@H]2[C@H](CC[C@]3(C)[C@@H]([C@H](C)CCC(=O)OC)CC[C@@H]23)[C@@]2(C)CC[C@@H](O[Si](C)(C)C)C[C@@H]12. The van der Waals surface area contributed by atoms with E-state index in [1.54, 1.807) is 7.11 Å². The summed E-state index contributed by atoms with van der Waals surface area (Å²) >= 11 is 0. The Hall–Kier alpha value is -0.706. The van der Waals surface area contributed by atoms with Crippen LogP contribution in [0.3, 0.4) is 0 Å². The average molecular weight is 594 g/mol. The van der Waals surface area contributed by atoms with Gasteiger partial charge in [0, 0.05) is 18.4 Å². The van der Waals surface area contributed by atoms with Gasteiger partial charge in [-0.05, 0) is 131 Å². The fourth-order valence-corrected chi connectivity index (χ4v) is 12.2. The first-order chi connectivity index (χ1) is 18.5. The molecular formula is C32H59NO5Si2. The molecule has 40 heavy (non-hydrogen) atoms. The van der Waals surface area contributed by atoms with E-state index in [2.05, 4.69) is 60.1 Å². The number of carbonyl (C=O) groups is 1. The molecule has 230 valence electrons. The first kappa shape index (κ1) is 32.2. The zero-order valence-corrected chi connectivity index (χ0v) is 29.5. The predicted octanol–water partition coefficient (Wildman–Crippen LogP) is 7.90. The second kappa shape index (κ2) is 11.8. The van der Waals surface area contributed by atoms with Gasteiger partial charge in [-0.25, -0.2) is 0 Å². The lowest BCUT2D eigenvalue weighted by Crippen LogP contribution is -2.64. The molecule has 0 N–H and O–H groups in total. The summed E-state index contributed by atoms with van der Waals surface area (Å²) < 4.78 is 18.9. The quantitative estimate of drug-likeness (QED) is 0.154. The van der Waals surface area contributed by atoms with E-state index in [4.69, 9.17) is 23.6 Å². The molecule has 0 radical (unpaired) electrons. The molecule has 0 amide bonds. The fraction of sp³-hybridized carbons (Fsp3) is 0.938. The highest BCUT2D eigenvalue weighted by Crippen LogP contribution is 2.68. The van der Waals surface area contributed by atoms with Crippen molar-refractivity contribution < 1.29 is 23.2 Å². The first-order valence-corrected chi connectivity index (χ1v) is 22.9. The number of ether oxygens (including phenoxy) is 1. The van der Waals surface area contributed by atoms with E-state index >= 15 is 0 Å². The standard InChI is InChI=1S/C32H59NO5Si2/c1-21(12-15-27(34)35-4)23-13-14-24-28-25(17-19-31(23,24)2)32(3)18-16-22(37-39(6,7)8)20-26(32)29(33-36-5)30(28)38-40(9,10)11/h21-26,28,30H,12-20H2,1-11H3/b33-29-/t21-,22-,23-,24+,25+,26+,28+,30-,31-,32-/m1/s1. The molecule has 0 saturated heterocycles. The number of esters is 1. The summed E-state index contributed by atoms with van der Waals surface area (Å²) in [6.45, 7) is 21.4. The topological polar surface area (TPSA) is 66.4 Å². The first-order valence-electron chi connectivity index (χ1n) is 16.1. The highest BCUT2D eigenvalue weighted by Gasteiger charge is 2.65. The maximum Gasteiger partial charge on any atom is 0.305 e. The summed E-state index contributed by atoms with van der Waals surface area (Å²) in [5, 5.41) is 4.87. The summed E-state index contributed by atoms with van der Waals surface area (Å²) in [4.78, 5) is 17.6. The molecule has 0 aliphatic heterocycles. The van der Waals surface area contributed by atoms with Gasteiger partial charge in [0.1, 0.15) is 7.11 Å². The van der Waals surface area contributed by atoms with Crippen LogP contribution in [-0.2, 0) is 23.2 Å². The fourth-order valence-electron chi connectivity index (χ4n) is 9.95. The van der Waals surface area contributed by atoms with Crippen molar-refractivity contribution in [3.63, 3.8) is 0 Å². The Bertz CT molecular complexity index is 945. The van der Waals surface area contributed by atoms with Gasteiger partial charge >= 0.3 is 5.97 Å². The van der Waals surface area contributed by atoms with Crippen LogP contribution in [0.4, 0.5) is 0 Å². The van der Waals surface area contributed by atoms with Gasteiger partial charge in [0.25, 0.3) is 0 Å². The van der Waals surface area contributed by atoms with Crippen LogP contribution in [0.25, 0.3) is 0 Å². The van der Waals surface area contributed by atoms with Crippen molar-refractivity contribution in [2.75, 3.05) is 14.2 Å². The lowest BCUT2D eigenvalue weighted by molar-refractivity contribution is -0.141. The van der Waals surface area contributed by atoms with E-state index in [1.165, 1.54) is 44.9 Å². The molecule has 0 aromatic carbocycles. The molecule has 0 heterocycles. The molecule has 0 unspecified atom stereocenters. The molecule has 10 atom stereocenters. The number of rotatable bonds is 9. The van der Waals surface area contributed by atoms with Crippen molar-refractivity contribution in [3.8, 4) is 0 Å². The summed E-state index contributed by atoms with van der Waals surface area (Å²) in [6, 6.07) is 0. The Morgan fingerprint density at radius 1 is 0.925 bits per heavy atom. The van der Waals surface area contributed by atoms with Gasteiger partial charge in [0.05, 0.1) is 18.9 Å². The Morgan fingerprint density at radius 2 is 1.55 bits per heavy atom. The molecule has 4 rings (SSSR count). The molecule has 0 bridgehead atoms. The number of methoxy groups -OCH3 is 1. The van der Waals surface area contributed by atoms with Gasteiger partial charge in [0.2, 0.25) is 0 Å². The van der Waals surface area contributed by atoms with Crippen LogP contribution < -0.4 is 0 Å². The average Bonchev–Trinajstić information content (AvgIpc) is 3.20. The molecule has 4 saturated carbocycles. The van der Waals surface area contributed by atoms with Crippen molar-refractivity contribution in [1.29, 1.82) is 0 Å². The van der Waals surface area contributed by atoms with Crippen LogP contribution in [0.15, 0.2) is 5.16 Å². The molecule has 0 aromatic rings. The van der Waals surface area contributed by atoms with Crippen molar-refractivity contribution >= 4 is 28.3 Å². The minimum atomic E-state index is -1.88. The highest BCUT2D eigenvalue weighted by molar-refractivity contribution is 6.70. The predicted molar refractivity (Wildman–Crippen MR) is 167 cm³/mol. The second-order valence-electron chi connectivity index (χ2n) is 16.1. The molecule has 6 nitrogen and oxygen atoms in total. The van der Waals surface area contributed by atoms with E-state index in [1.807, 2.05) is 0 Å². The number of hydrogen-bond donors (Lipinski definition) is 0. The van der Waals surface area contributed by atoms with Crippen molar-refractivity contribution in [3.05, 3.63) is 0 Å². The number of hydrogen-bond acceptors (Lipinski definition) is 6. The Labute approximate surface area is 247 Å². The number of carbonyl (C=O) groups excluding carboxylic acids is 1. The third kappa shape index (κ3) is 6.30. The van der Waals surface area contributed by atoms with Crippen LogP contribution in [0.2, 0.25) is 39.3 Å². The van der Waals surface area contributed by atoms with Crippen LogP contribution >= 0.6 is 0 Å². The maximum absolute atomic E-state index is 12.0. The molecule has 4 aliphatic rings. The second-order valence-corrected chi connectivity index (χ2v) is 25.1. The zero-order valence-electron chi connectivity index (χ0n) is 27.5. The minimum absolute atomic E-state index is 0.0223. The third-order valence-electron chi connectivity index (χ3n) is 11.5. The van der Waals surface area contributed by atoms with Gasteiger partial charge in [-0.3, -0.25) is 4.79 Å². The minimum Gasteiger partial charge on any atom is -0.469 e. The zero-order chi connectivity index (χ0) is 29.7. The summed E-state index contributed by atoms with van der Waals surface area (Å²) in [6.07, 6.45) is 10.2. The molecule has 4 aliphatic carbocycles. The van der Waals surface area contributed by atoms with E-state index in [9.17, 15) is 4.79 Å².